The highest BCUT2D eigenvalue weighted by Crippen LogP contribution is 2.20. The molecule has 0 spiro atoms. The Hall–Kier alpha value is -2.33. The predicted molar refractivity (Wildman–Crippen MR) is 140 cm³/mol. The molecule has 0 aliphatic carbocycles. The van der Waals surface area contributed by atoms with Gasteiger partial charge in [-0.2, -0.15) is 0 Å². The number of guanidine groups is 1. The average Bonchev–Trinajstić information content (AvgIpc) is 3.16. The molecule has 0 aliphatic heterocycles. The average molecular weight is 551 g/mol. The van der Waals surface area contributed by atoms with Crippen LogP contribution in [0, 0.1) is 6.92 Å². The fourth-order valence-electron chi connectivity index (χ4n) is 3.33. The number of hydrogen-bond donors (Lipinski definition) is 3. The zero-order chi connectivity index (χ0) is 22.2. The molecule has 1 unspecified atom stereocenters. The van der Waals surface area contributed by atoms with E-state index in [1.807, 2.05) is 57.3 Å². The lowest BCUT2D eigenvalue weighted by Crippen LogP contribution is -2.38. The number of aromatic nitrogens is 2. The van der Waals surface area contributed by atoms with Gasteiger partial charge in [0.2, 0.25) is 0 Å². The molecule has 3 N–H and O–H groups in total. The molecule has 1 atom stereocenters. The number of ether oxygens (including phenoxy) is 1. The summed E-state index contributed by atoms with van der Waals surface area (Å²) in [5.74, 6) is 1.43. The third kappa shape index (κ3) is 7.37. The van der Waals surface area contributed by atoms with Crippen LogP contribution in [-0.2, 0) is 6.42 Å². The summed E-state index contributed by atoms with van der Waals surface area (Å²) in [6.45, 7) is 9.75. The van der Waals surface area contributed by atoms with Crippen LogP contribution in [0.1, 0.15) is 43.7 Å². The van der Waals surface area contributed by atoms with Crippen molar-refractivity contribution in [1.29, 1.82) is 0 Å². The van der Waals surface area contributed by atoms with Gasteiger partial charge < -0.3 is 24.9 Å². The van der Waals surface area contributed by atoms with Gasteiger partial charge in [0.1, 0.15) is 11.4 Å². The normalized spacial score (nSPS) is 12.5. The Morgan fingerprint density at radius 3 is 2.75 bits per heavy atom. The number of benzene rings is 1. The standard InChI is InChI=1S/C24H33N5O2.HI/c1-5-25-24(26-12-11-20-16-29-13-7-8-18(4)23(29)28-20)27-15-22(30)19-9-6-10-21(14-19)31-17(2)3;/h6-10,13-14,16-17,22,30H,5,11-12,15H2,1-4H3,(H2,25,26,27);1H. The number of aryl methyl sites for hydroxylation is 1. The van der Waals surface area contributed by atoms with Crippen molar-refractivity contribution in [3.63, 3.8) is 0 Å². The second-order valence-electron chi connectivity index (χ2n) is 7.81. The van der Waals surface area contributed by atoms with Gasteiger partial charge in [0.05, 0.1) is 24.4 Å². The molecule has 0 radical (unpaired) electrons. The van der Waals surface area contributed by atoms with E-state index >= 15 is 0 Å². The summed E-state index contributed by atoms with van der Waals surface area (Å²) >= 11 is 0. The van der Waals surface area contributed by atoms with Crippen LogP contribution in [0.2, 0.25) is 0 Å². The van der Waals surface area contributed by atoms with E-state index in [9.17, 15) is 5.11 Å². The van der Waals surface area contributed by atoms with Crippen molar-refractivity contribution in [2.75, 3.05) is 19.6 Å². The number of pyridine rings is 1. The minimum absolute atomic E-state index is 0. The summed E-state index contributed by atoms with van der Waals surface area (Å²) in [4.78, 5) is 9.25. The summed E-state index contributed by atoms with van der Waals surface area (Å²) in [7, 11) is 0. The topological polar surface area (TPSA) is 83.2 Å². The van der Waals surface area contributed by atoms with Gasteiger partial charge in [0.25, 0.3) is 0 Å². The Morgan fingerprint density at radius 1 is 1.22 bits per heavy atom. The highest BCUT2D eigenvalue weighted by Gasteiger charge is 2.10. The van der Waals surface area contributed by atoms with Gasteiger partial charge in [0, 0.05) is 31.9 Å². The molecule has 174 valence electrons. The molecule has 7 nitrogen and oxygen atoms in total. The van der Waals surface area contributed by atoms with Crippen LogP contribution in [0.25, 0.3) is 5.65 Å². The van der Waals surface area contributed by atoms with E-state index in [1.54, 1.807) is 0 Å². The number of halogens is 1. The van der Waals surface area contributed by atoms with Gasteiger partial charge >= 0.3 is 0 Å². The van der Waals surface area contributed by atoms with Crippen LogP contribution >= 0.6 is 24.0 Å². The van der Waals surface area contributed by atoms with Crippen molar-refractivity contribution in [2.24, 2.45) is 4.99 Å². The molecule has 0 bridgehead atoms. The van der Waals surface area contributed by atoms with Crippen molar-refractivity contribution >= 4 is 35.6 Å². The van der Waals surface area contributed by atoms with Gasteiger partial charge in [-0.1, -0.05) is 18.2 Å². The molecule has 0 amide bonds. The first-order valence-corrected chi connectivity index (χ1v) is 10.9. The molecule has 0 aliphatic rings. The largest absolute Gasteiger partial charge is 0.491 e. The monoisotopic (exact) mass is 551 g/mol. The number of aliphatic hydroxyl groups is 1. The number of aliphatic imine (C=N–C) groups is 1. The van der Waals surface area contributed by atoms with Crippen molar-refractivity contribution in [3.05, 3.63) is 65.6 Å². The molecule has 0 fully saturated rings. The van der Waals surface area contributed by atoms with Crippen molar-refractivity contribution < 1.29 is 9.84 Å². The molecule has 8 heteroatoms. The van der Waals surface area contributed by atoms with Crippen LogP contribution in [0.4, 0.5) is 0 Å². The van der Waals surface area contributed by atoms with Crippen molar-refractivity contribution in [1.82, 2.24) is 20.0 Å². The number of aliphatic hydroxyl groups excluding tert-OH is 1. The minimum Gasteiger partial charge on any atom is -0.491 e. The Morgan fingerprint density at radius 2 is 2.03 bits per heavy atom. The maximum absolute atomic E-state index is 10.6. The number of rotatable bonds is 9. The van der Waals surface area contributed by atoms with Gasteiger partial charge in [0.15, 0.2) is 5.96 Å². The molecule has 2 heterocycles. The first-order chi connectivity index (χ1) is 15.0. The highest BCUT2D eigenvalue weighted by atomic mass is 127. The van der Waals surface area contributed by atoms with Crippen LogP contribution in [0.3, 0.4) is 0 Å². The minimum atomic E-state index is -0.701. The zero-order valence-corrected chi connectivity index (χ0v) is 21.5. The van der Waals surface area contributed by atoms with Crippen LogP contribution < -0.4 is 15.4 Å². The Balaban J connectivity index is 0.00000363. The molecule has 3 rings (SSSR count). The smallest absolute Gasteiger partial charge is 0.191 e. The number of nitrogens with zero attached hydrogens (tertiary/aromatic N) is 3. The molecular weight excluding hydrogens is 517 g/mol. The lowest BCUT2D eigenvalue weighted by Gasteiger charge is -2.15. The van der Waals surface area contributed by atoms with E-state index in [0.717, 1.165) is 41.2 Å². The maximum Gasteiger partial charge on any atom is 0.191 e. The lowest BCUT2D eigenvalue weighted by molar-refractivity contribution is 0.185. The summed E-state index contributed by atoms with van der Waals surface area (Å²) in [6, 6.07) is 11.6. The van der Waals surface area contributed by atoms with Crippen LogP contribution in [-0.4, -0.2) is 46.2 Å². The molecule has 32 heavy (non-hydrogen) atoms. The van der Waals surface area contributed by atoms with Gasteiger partial charge in [-0.25, -0.2) is 4.98 Å². The molecule has 0 saturated carbocycles. The van der Waals surface area contributed by atoms with Crippen molar-refractivity contribution in [3.8, 4) is 5.75 Å². The Labute approximate surface area is 207 Å². The quantitative estimate of drug-likeness (QED) is 0.214. The summed E-state index contributed by atoms with van der Waals surface area (Å²) in [5, 5.41) is 17.1. The fraction of sp³-hybridized carbons (Fsp3) is 0.417. The summed E-state index contributed by atoms with van der Waals surface area (Å²) < 4.78 is 7.77. The second kappa shape index (κ2) is 12.6. The third-order valence-corrected chi connectivity index (χ3v) is 4.78. The van der Waals surface area contributed by atoms with E-state index in [-0.39, 0.29) is 36.6 Å². The number of imidazole rings is 1. The van der Waals surface area contributed by atoms with E-state index in [2.05, 4.69) is 39.2 Å². The molecule has 2 aromatic heterocycles. The summed E-state index contributed by atoms with van der Waals surface area (Å²) in [5.41, 5.74) is 3.97. The first kappa shape index (κ1) is 25.9. The third-order valence-electron chi connectivity index (χ3n) is 4.78. The SMILES string of the molecule is CCNC(=NCC(O)c1cccc(OC(C)C)c1)NCCc1cn2cccc(C)c2n1.I. The lowest BCUT2D eigenvalue weighted by atomic mass is 10.1. The van der Waals surface area contributed by atoms with Gasteiger partial charge in [-0.15, -0.1) is 24.0 Å². The van der Waals surface area contributed by atoms with Gasteiger partial charge in [-0.3, -0.25) is 4.99 Å². The van der Waals surface area contributed by atoms with Gasteiger partial charge in [-0.05, 0) is 57.0 Å². The van der Waals surface area contributed by atoms with Crippen molar-refractivity contribution in [2.45, 2.75) is 46.3 Å². The number of hydrogen-bond acceptors (Lipinski definition) is 4. The zero-order valence-electron chi connectivity index (χ0n) is 19.2. The van der Waals surface area contributed by atoms with E-state index in [1.165, 1.54) is 0 Å². The predicted octanol–water partition coefficient (Wildman–Crippen LogP) is 3.88. The molecular formula is C24H34IN5O2. The van der Waals surface area contributed by atoms with E-state index in [0.29, 0.717) is 12.5 Å². The first-order valence-electron chi connectivity index (χ1n) is 10.9. The molecule has 0 saturated heterocycles. The number of fused-ring (bicyclic) bond motifs is 1. The Kier molecular flexibility index (Phi) is 10.2. The van der Waals surface area contributed by atoms with E-state index in [4.69, 9.17) is 9.72 Å². The van der Waals surface area contributed by atoms with Crippen LogP contribution in [0.5, 0.6) is 5.75 Å². The molecule has 3 aromatic rings. The van der Waals surface area contributed by atoms with Crippen LogP contribution in [0.15, 0.2) is 53.8 Å². The molecule has 1 aromatic carbocycles. The maximum atomic E-state index is 10.6. The number of nitrogens with one attached hydrogen (secondary N) is 2. The fourth-order valence-corrected chi connectivity index (χ4v) is 3.33. The summed E-state index contributed by atoms with van der Waals surface area (Å²) in [6.07, 6.45) is 4.24. The highest BCUT2D eigenvalue weighted by molar-refractivity contribution is 14.0. The Bertz CT molecular complexity index is 1020. The van der Waals surface area contributed by atoms with E-state index < -0.39 is 6.10 Å². The second-order valence-corrected chi connectivity index (χ2v) is 7.81.